The number of hydrogen-bond acceptors (Lipinski definition) is 4. The fourth-order valence-corrected chi connectivity index (χ4v) is 3.99. The zero-order chi connectivity index (χ0) is 23.8. The first-order valence-electron chi connectivity index (χ1n) is 11.3. The molecule has 34 heavy (non-hydrogen) atoms. The van der Waals surface area contributed by atoms with Crippen LogP contribution in [0.4, 0.5) is 5.69 Å². The SMILES string of the molecule is O=C(/C(=C/c1cccc([N+](=O)[O-])c1)c1ccccc1)N1CCN(C/C=C/c2ccccc2)CC1. The van der Waals surface area contributed by atoms with E-state index in [-0.39, 0.29) is 11.6 Å². The Hall–Kier alpha value is -4.03. The number of nitro benzene ring substituents is 1. The molecule has 0 radical (unpaired) electrons. The largest absolute Gasteiger partial charge is 0.336 e. The summed E-state index contributed by atoms with van der Waals surface area (Å²) in [4.78, 5) is 28.5. The van der Waals surface area contributed by atoms with E-state index in [0.29, 0.717) is 24.2 Å². The molecule has 0 atom stereocenters. The van der Waals surface area contributed by atoms with Crippen molar-refractivity contribution in [1.82, 2.24) is 9.80 Å². The number of carbonyl (C=O) groups is 1. The molecule has 0 unspecified atom stereocenters. The monoisotopic (exact) mass is 453 g/mol. The summed E-state index contributed by atoms with van der Waals surface area (Å²) in [5.41, 5.74) is 3.15. The van der Waals surface area contributed by atoms with Gasteiger partial charge in [-0.3, -0.25) is 19.8 Å². The molecular weight excluding hydrogens is 426 g/mol. The molecule has 3 aromatic carbocycles. The van der Waals surface area contributed by atoms with Crippen molar-refractivity contribution >= 4 is 29.3 Å². The first-order valence-corrected chi connectivity index (χ1v) is 11.3. The van der Waals surface area contributed by atoms with Crippen LogP contribution in [0.3, 0.4) is 0 Å². The fourth-order valence-electron chi connectivity index (χ4n) is 3.99. The quantitative estimate of drug-likeness (QED) is 0.219. The lowest BCUT2D eigenvalue weighted by Gasteiger charge is -2.34. The van der Waals surface area contributed by atoms with Crippen LogP contribution in [0.15, 0.2) is 91.0 Å². The van der Waals surface area contributed by atoms with Crippen molar-refractivity contribution in [2.24, 2.45) is 0 Å². The van der Waals surface area contributed by atoms with Crippen molar-refractivity contribution in [3.8, 4) is 0 Å². The Labute approximate surface area is 199 Å². The summed E-state index contributed by atoms with van der Waals surface area (Å²) in [7, 11) is 0. The zero-order valence-electron chi connectivity index (χ0n) is 18.9. The lowest BCUT2D eigenvalue weighted by molar-refractivity contribution is -0.384. The van der Waals surface area contributed by atoms with Crippen LogP contribution >= 0.6 is 0 Å². The van der Waals surface area contributed by atoms with Gasteiger partial charge in [-0.15, -0.1) is 0 Å². The second kappa shape index (κ2) is 11.2. The number of carbonyl (C=O) groups excluding carboxylic acids is 1. The fraction of sp³-hybridized carbons (Fsp3) is 0.179. The van der Waals surface area contributed by atoms with Gasteiger partial charge in [0.05, 0.1) is 4.92 Å². The van der Waals surface area contributed by atoms with Gasteiger partial charge in [0.2, 0.25) is 0 Å². The van der Waals surface area contributed by atoms with Crippen molar-refractivity contribution in [2.75, 3.05) is 32.7 Å². The van der Waals surface area contributed by atoms with Gasteiger partial charge in [0.25, 0.3) is 11.6 Å². The number of non-ortho nitro benzene ring substituents is 1. The van der Waals surface area contributed by atoms with E-state index in [1.807, 2.05) is 53.4 Å². The second-order valence-corrected chi connectivity index (χ2v) is 8.18. The van der Waals surface area contributed by atoms with E-state index in [1.165, 1.54) is 17.7 Å². The van der Waals surface area contributed by atoms with E-state index in [2.05, 4.69) is 29.2 Å². The van der Waals surface area contributed by atoms with E-state index in [4.69, 9.17) is 0 Å². The van der Waals surface area contributed by atoms with Crippen molar-refractivity contribution < 1.29 is 9.72 Å². The number of piperazine rings is 1. The van der Waals surface area contributed by atoms with Gasteiger partial charge in [-0.2, -0.15) is 0 Å². The second-order valence-electron chi connectivity index (χ2n) is 8.18. The summed E-state index contributed by atoms with van der Waals surface area (Å²) < 4.78 is 0. The molecule has 0 saturated carbocycles. The normalized spacial score (nSPS) is 14.9. The number of rotatable bonds is 7. The van der Waals surface area contributed by atoms with E-state index >= 15 is 0 Å². The highest BCUT2D eigenvalue weighted by Crippen LogP contribution is 2.23. The van der Waals surface area contributed by atoms with Gasteiger partial charge in [0.1, 0.15) is 0 Å². The summed E-state index contributed by atoms with van der Waals surface area (Å²) in [6.07, 6.45) is 6.02. The topological polar surface area (TPSA) is 66.7 Å². The molecule has 1 amide bonds. The maximum atomic E-state index is 13.5. The summed E-state index contributed by atoms with van der Waals surface area (Å²) >= 11 is 0. The van der Waals surface area contributed by atoms with Crippen molar-refractivity contribution in [3.05, 3.63) is 118 Å². The van der Waals surface area contributed by atoms with Gasteiger partial charge in [-0.25, -0.2) is 0 Å². The molecule has 0 aromatic heterocycles. The van der Waals surface area contributed by atoms with Gasteiger partial charge < -0.3 is 4.90 Å². The average molecular weight is 454 g/mol. The molecule has 1 saturated heterocycles. The van der Waals surface area contributed by atoms with E-state index in [1.54, 1.807) is 18.2 Å². The smallest absolute Gasteiger partial charge is 0.270 e. The molecule has 0 N–H and O–H groups in total. The van der Waals surface area contributed by atoms with Gasteiger partial charge in [-0.05, 0) is 22.8 Å². The Morgan fingerprint density at radius 1 is 0.853 bits per heavy atom. The number of benzene rings is 3. The summed E-state index contributed by atoms with van der Waals surface area (Å²) in [5.74, 6) is -0.0582. The minimum absolute atomic E-state index is 0.00535. The van der Waals surface area contributed by atoms with Crippen LogP contribution in [-0.4, -0.2) is 53.4 Å². The molecule has 1 aliphatic heterocycles. The third-order valence-corrected chi connectivity index (χ3v) is 5.84. The maximum Gasteiger partial charge on any atom is 0.270 e. The average Bonchev–Trinajstić information content (AvgIpc) is 2.88. The van der Waals surface area contributed by atoms with Crippen LogP contribution in [0.2, 0.25) is 0 Å². The summed E-state index contributed by atoms with van der Waals surface area (Å²) in [6, 6.07) is 26.0. The van der Waals surface area contributed by atoms with Crippen molar-refractivity contribution in [1.29, 1.82) is 0 Å². The van der Waals surface area contributed by atoms with Gasteiger partial charge in [0, 0.05) is 50.4 Å². The number of nitrogens with zero attached hydrogens (tertiary/aromatic N) is 3. The molecule has 1 aliphatic rings. The van der Waals surface area contributed by atoms with Gasteiger partial charge in [0.15, 0.2) is 0 Å². The van der Waals surface area contributed by atoms with Crippen molar-refractivity contribution in [2.45, 2.75) is 0 Å². The molecular formula is C28H27N3O3. The highest BCUT2D eigenvalue weighted by molar-refractivity contribution is 6.24. The van der Waals surface area contributed by atoms with Crippen molar-refractivity contribution in [3.63, 3.8) is 0 Å². The molecule has 6 heteroatoms. The highest BCUT2D eigenvalue weighted by Gasteiger charge is 2.24. The number of nitro groups is 1. The molecule has 0 aliphatic carbocycles. The Morgan fingerprint density at radius 2 is 1.50 bits per heavy atom. The maximum absolute atomic E-state index is 13.5. The van der Waals surface area contributed by atoms with E-state index < -0.39 is 4.92 Å². The molecule has 6 nitrogen and oxygen atoms in total. The predicted molar refractivity (Wildman–Crippen MR) is 136 cm³/mol. The third kappa shape index (κ3) is 6.05. The number of hydrogen-bond donors (Lipinski definition) is 0. The lowest BCUT2D eigenvalue weighted by Crippen LogP contribution is -2.48. The molecule has 4 rings (SSSR count). The van der Waals surface area contributed by atoms with E-state index in [9.17, 15) is 14.9 Å². The molecule has 0 spiro atoms. The molecule has 1 fully saturated rings. The summed E-state index contributed by atoms with van der Waals surface area (Å²) in [6.45, 7) is 3.70. The highest BCUT2D eigenvalue weighted by atomic mass is 16.6. The molecule has 172 valence electrons. The Morgan fingerprint density at radius 3 is 2.18 bits per heavy atom. The minimum Gasteiger partial charge on any atom is -0.336 e. The van der Waals surface area contributed by atoms with Crippen LogP contribution in [0.1, 0.15) is 16.7 Å². The lowest BCUT2D eigenvalue weighted by atomic mass is 10.0. The molecule has 0 bridgehead atoms. The van der Waals surface area contributed by atoms with Crippen LogP contribution < -0.4 is 0 Å². The van der Waals surface area contributed by atoms with Gasteiger partial charge in [-0.1, -0.05) is 84.9 Å². The van der Waals surface area contributed by atoms with E-state index in [0.717, 1.165) is 25.2 Å². The van der Waals surface area contributed by atoms with Gasteiger partial charge >= 0.3 is 0 Å². The summed E-state index contributed by atoms with van der Waals surface area (Å²) in [5, 5.41) is 11.2. The Bertz CT molecular complexity index is 1180. The van der Waals surface area contributed by atoms with Crippen LogP contribution in [-0.2, 0) is 4.79 Å². The standard InChI is InChI=1S/C28H27N3O3/c32-28(30-19-17-29(18-20-30)16-8-12-23-9-3-1-4-10-23)27(25-13-5-2-6-14-25)22-24-11-7-15-26(21-24)31(33)34/h1-15,21-22H,16-20H2/b12-8+,27-22+. The molecule has 3 aromatic rings. The van der Waals surface area contributed by atoms with Crippen LogP contribution in [0.25, 0.3) is 17.7 Å². The third-order valence-electron chi connectivity index (χ3n) is 5.84. The zero-order valence-corrected chi connectivity index (χ0v) is 18.9. The van der Waals surface area contributed by atoms with Crippen LogP contribution in [0.5, 0.6) is 0 Å². The first kappa shape index (κ1) is 23.1. The molecule has 1 heterocycles. The van der Waals surface area contributed by atoms with Crippen LogP contribution in [0, 0.1) is 10.1 Å². The Kier molecular flexibility index (Phi) is 7.63. The first-order chi connectivity index (χ1) is 16.6. The predicted octanol–water partition coefficient (Wildman–Crippen LogP) is 4.99. The Balaban J connectivity index is 1.46. The minimum atomic E-state index is -0.424. The number of amides is 1.